The Bertz CT molecular complexity index is 471. The van der Waals surface area contributed by atoms with Gasteiger partial charge in [0.05, 0.1) is 12.0 Å². The molecule has 4 heteroatoms. The summed E-state index contributed by atoms with van der Waals surface area (Å²) in [6.07, 6.45) is 0.236. The van der Waals surface area contributed by atoms with E-state index in [1.165, 1.54) is 6.07 Å². The lowest BCUT2D eigenvalue weighted by Gasteiger charge is -2.21. The van der Waals surface area contributed by atoms with Gasteiger partial charge in [0.15, 0.2) is 0 Å². The number of carboxylic acids is 1. The molecule has 0 aliphatic carbocycles. The molecule has 19 heavy (non-hydrogen) atoms. The van der Waals surface area contributed by atoms with Crippen molar-refractivity contribution < 1.29 is 19.4 Å². The Morgan fingerprint density at radius 1 is 1.32 bits per heavy atom. The van der Waals surface area contributed by atoms with Crippen LogP contribution >= 0.6 is 0 Å². The second-order valence-electron chi connectivity index (χ2n) is 5.62. The summed E-state index contributed by atoms with van der Waals surface area (Å²) >= 11 is 0. The number of benzene rings is 1. The Hall–Kier alpha value is -1.84. The number of rotatable bonds is 4. The third kappa shape index (κ3) is 5.12. The van der Waals surface area contributed by atoms with Gasteiger partial charge in [0.1, 0.15) is 5.60 Å². The first kappa shape index (κ1) is 15.2. The zero-order valence-corrected chi connectivity index (χ0v) is 11.8. The van der Waals surface area contributed by atoms with Gasteiger partial charge in [-0.25, -0.2) is 4.79 Å². The Balaban J connectivity index is 2.73. The van der Waals surface area contributed by atoms with Crippen molar-refractivity contribution in [1.82, 2.24) is 0 Å². The Morgan fingerprint density at radius 3 is 2.47 bits per heavy atom. The summed E-state index contributed by atoms with van der Waals surface area (Å²) < 4.78 is 5.25. The molecular weight excluding hydrogens is 244 g/mol. The summed E-state index contributed by atoms with van der Waals surface area (Å²) in [5, 5.41) is 8.93. The minimum atomic E-state index is -0.966. The lowest BCUT2D eigenvalue weighted by atomic mass is 9.96. The zero-order chi connectivity index (χ0) is 14.6. The Morgan fingerprint density at radius 2 is 1.95 bits per heavy atom. The van der Waals surface area contributed by atoms with Gasteiger partial charge in [0.2, 0.25) is 0 Å². The largest absolute Gasteiger partial charge is 0.478 e. The molecule has 0 aromatic heterocycles. The maximum absolute atomic E-state index is 11.7. The van der Waals surface area contributed by atoms with Crippen molar-refractivity contribution in [1.29, 1.82) is 0 Å². The number of carbonyl (C=O) groups is 2. The van der Waals surface area contributed by atoms with E-state index in [-0.39, 0.29) is 23.9 Å². The molecule has 1 unspecified atom stereocenters. The van der Waals surface area contributed by atoms with E-state index in [1.54, 1.807) is 12.1 Å². The monoisotopic (exact) mass is 264 g/mol. The number of esters is 1. The highest BCUT2D eigenvalue weighted by Crippen LogP contribution is 2.22. The molecule has 1 N–H and O–H groups in total. The van der Waals surface area contributed by atoms with Crippen molar-refractivity contribution >= 4 is 11.9 Å². The fourth-order valence-corrected chi connectivity index (χ4v) is 1.73. The molecule has 1 aromatic rings. The molecule has 0 saturated heterocycles. The summed E-state index contributed by atoms with van der Waals surface area (Å²) in [4.78, 5) is 22.6. The van der Waals surface area contributed by atoms with Crippen LogP contribution in [0, 0.1) is 0 Å². The fraction of sp³-hybridized carbons (Fsp3) is 0.467. The molecule has 0 heterocycles. The zero-order valence-electron chi connectivity index (χ0n) is 11.8. The quantitative estimate of drug-likeness (QED) is 0.848. The highest BCUT2D eigenvalue weighted by molar-refractivity contribution is 5.87. The molecule has 0 amide bonds. The van der Waals surface area contributed by atoms with E-state index in [0.29, 0.717) is 0 Å². The minimum Gasteiger partial charge on any atom is -0.478 e. The van der Waals surface area contributed by atoms with Crippen LogP contribution in [0.5, 0.6) is 0 Å². The molecule has 1 aromatic carbocycles. The van der Waals surface area contributed by atoms with Crippen molar-refractivity contribution in [3.63, 3.8) is 0 Å². The molecule has 0 aliphatic heterocycles. The van der Waals surface area contributed by atoms with Crippen molar-refractivity contribution in [3.05, 3.63) is 35.4 Å². The molecule has 0 radical (unpaired) electrons. The van der Waals surface area contributed by atoms with Gasteiger partial charge >= 0.3 is 11.9 Å². The van der Waals surface area contributed by atoms with Gasteiger partial charge in [0.25, 0.3) is 0 Å². The van der Waals surface area contributed by atoms with Crippen LogP contribution in [0.1, 0.15) is 56.0 Å². The summed E-state index contributed by atoms with van der Waals surface area (Å²) in [7, 11) is 0. The third-order valence-corrected chi connectivity index (χ3v) is 2.60. The number of hydrogen-bond acceptors (Lipinski definition) is 3. The third-order valence-electron chi connectivity index (χ3n) is 2.60. The minimum absolute atomic E-state index is 0.0749. The Kier molecular flexibility index (Phi) is 4.70. The molecule has 0 bridgehead atoms. The van der Waals surface area contributed by atoms with Gasteiger partial charge < -0.3 is 9.84 Å². The molecule has 4 nitrogen and oxygen atoms in total. The van der Waals surface area contributed by atoms with Crippen LogP contribution in [0.2, 0.25) is 0 Å². The first-order valence-electron chi connectivity index (χ1n) is 6.24. The normalized spacial score (nSPS) is 12.8. The van der Waals surface area contributed by atoms with E-state index in [4.69, 9.17) is 9.84 Å². The van der Waals surface area contributed by atoms with Crippen molar-refractivity contribution in [2.45, 2.75) is 45.6 Å². The number of carbonyl (C=O) groups excluding carboxylic acids is 1. The predicted molar refractivity (Wildman–Crippen MR) is 72.3 cm³/mol. The number of ether oxygens (including phenoxy) is 1. The van der Waals surface area contributed by atoms with Gasteiger partial charge in [-0.3, -0.25) is 4.79 Å². The van der Waals surface area contributed by atoms with E-state index < -0.39 is 11.6 Å². The van der Waals surface area contributed by atoms with Gasteiger partial charge in [-0.1, -0.05) is 19.1 Å². The summed E-state index contributed by atoms with van der Waals surface area (Å²) in [5.41, 5.74) is 0.555. The van der Waals surface area contributed by atoms with Gasteiger partial charge in [-0.15, -0.1) is 0 Å². The van der Waals surface area contributed by atoms with Crippen LogP contribution in [-0.2, 0) is 9.53 Å². The van der Waals surface area contributed by atoms with E-state index in [2.05, 4.69) is 0 Å². The van der Waals surface area contributed by atoms with Crippen LogP contribution in [0.3, 0.4) is 0 Å². The second-order valence-corrected chi connectivity index (χ2v) is 5.62. The van der Waals surface area contributed by atoms with Crippen molar-refractivity contribution in [2.24, 2.45) is 0 Å². The fourth-order valence-electron chi connectivity index (χ4n) is 1.73. The van der Waals surface area contributed by atoms with Gasteiger partial charge in [-0.2, -0.15) is 0 Å². The second kappa shape index (κ2) is 5.87. The molecule has 1 atom stereocenters. The Labute approximate surface area is 113 Å². The molecule has 0 fully saturated rings. The highest BCUT2D eigenvalue weighted by atomic mass is 16.6. The number of carboxylic acid groups (broad SMARTS) is 1. The standard InChI is InChI=1S/C15H20O4/c1-10(8-13(16)19-15(2,3)4)11-6-5-7-12(9-11)14(17)18/h5-7,9-10H,8H2,1-4H3,(H,17,18). The predicted octanol–water partition coefficient (Wildman–Crippen LogP) is 3.22. The summed E-state index contributed by atoms with van der Waals surface area (Å²) in [6.45, 7) is 7.34. The average molecular weight is 264 g/mol. The maximum Gasteiger partial charge on any atom is 0.335 e. The lowest BCUT2D eigenvalue weighted by Crippen LogP contribution is -2.24. The molecule has 1 rings (SSSR count). The van der Waals surface area contributed by atoms with Crippen LogP contribution in [0.25, 0.3) is 0 Å². The molecule has 0 saturated carbocycles. The maximum atomic E-state index is 11.7. The lowest BCUT2D eigenvalue weighted by molar-refractivity contribution is -0.155. The summed E-state index contributed by atoms with van der Waals surface area (Å²) in [6, 6.07) is 6.63. The number of hydrogen-bond donors (Lipinski definition) is 1. The summed E-state index contributed by atoms with van der Waals surface area (Å²) in [5.74, 6) is -1.32. The van der Waals surface area contributed by atoms with Crippen LogP contribution in [-0.4, -0.2) is 22.6 Å². The van der Waals surface area contributed by atoms with E-state index in [9.17, 15) is 9.59 Å². The van der Waals surface area contributed by atoms with Crippen LogP contribution < -0.4 is 0 Å². The molecule has 0 spiro atoms. The van der Waals surface area contributed by atoms with Crippen molar-refractivity contribution in [3.8, 4) is 0 Å². The van der Waals surface area contributed by atoms with Crippen LogP contribution in [0.15, 0.2) is 24.3 Å². The van der Waals surface area contributed by atoms with Gasteiger partial charge in [-0.05, 0) is 44.4 Å². The van der Waals surface area contributed by atoms with E-state index in [1.807, 2.05) is 33.8 Å². The average Bonchev–Trinajstić information content (AvgIpc) is 2.26. The smallest absolute Gasteiger partial charge is 0.335 e. The molecule has 0 aliphatic rings. The topological polar surface area (TPSA) is 63.6 Å². The van der Waals surface area contributed by atoms with Crippen molar-refractivity contribution in [2.75, 3.05) is 0 Å². The van der Waals surface area contributed by atoms with E-state index >= 15 is 0 Å². The first-order valence-corrected chi connectivity index (χ1v) is 6.24. The van der Waals surface area contributed by atoms with E-state index in [0.717, 1.165) is 5.56 Å². The SMILES string of the molecule is CC(CC(=O)OC(C)(C)C)c1cccc(C(=O)O)c1. The van der Waals surface area contributed by atoms with Crippen LogP contribution in [0.4, 0.5) is 0 Å². The highest BCUT2D eigenvalue weighted by Gasteiger charge is 2.19. The van der Waals surface area contributed by atoms with Gasteiger partial charge in [0, 0.05) is 0 Å². The molecular formula is C15H20O4. The molecule has 104 valence electrons. The number of aromatic carboxylic acids is 1. The first-order chi connectivity index (χ1) is 8.69.